The lowest BCUT2D eigenvalue weighted by molar-refractivity contribution is -0.138. The molecule has 4 rings (SSSR count). The highest BCUT2D eigenvalue weighted by molar-refractivity contribution is 6.07. The van der Waals surface area contributed by atoms with Crippen LogP contribution in [0.4, 0.5) is 33.3 Å². The number of carbonyl (C=O) groups excluding carboxylic acids is 1. The van der Waals surface area contributed by atoms with Crippen molar-refractivity contribution in [3.05, 3.63) is 75.8 Å². The zero-order chi connectivity index (χ0) is 25.3. The number of nitrogens with zero attached hydrogens (tertiary/aromatic N) is 2. The number of alkyl halides is 3. The fourth-order valence-corrected chi connectivity index (χ4v) is 3.91. The summed E-state index contributed by atoms with van der Waals surface area (Å²) in [6, 6.07) is 6.43. The minimum absolute atomic E-state index is 0.00545. The lowest BCUT2D eigenvalue weighted by Crippen LogP contribution is -2.49. The number of carbonyl (C=O) groups is 1. The second kappa shape index (κ2) is 9.45. The number of amides is 1. The van der Waals surface area contributed by atoms with Gasteiger partial charge >= 0.3 is 6.18 Å². The van der Waals surface area contributed by atoms with Crippen molar-refractivity contribution in [2.75, 3.05) is 29.9 Å². The molecule has 3 aromatic rings. The normalized spacial score (nSPS) is 16.3. The quantitative estimate of drug-likeness (QED) is 0.380. The molecule has 1 fully saturated rings. The number of pyridine rings is 2. The molecular weight excluding hydrogens is 473 g/mol. The Labute approximate surface area is 196 Å². The van der Waals surface area contributed by atoms with E-state index >= 15 is 4.39 Å². The van der Waals surface area contributed by atoms with Crippen LogP contribution in [-0.2, 0) is 6.18 Å². The van der Waals surface area contributed by atoms with Crippen LogP contribution in [0.15, 0.2) is 47.4 Å². The van der Waals surface area contributed by atoms with Crippen LogP contribution in [0.5, 0.6) is 0 Å². The summed E-state index contributed by atoms with van der Waals surface area (Å²) in [7, 11) is 0. The first-order chi connectivity index (χ1) is 16.5. The molecule has 0 saturated carbocycles. The molecule has 1 aliphatic heterocycles. The second-order valence-corrected chi connectivity index (χ2v) is 8.07. The van der Waals surface area contributed by atoms with E-state index in [-0.39, 0.29) is 28.7 Å². The molecular formula is C23H20F5N5O2. The molecule has 1 atom stereocenters. The predicted molar refractivity (Wildman–Crippen MR) is 119 cm³/mol. The number of piperazine rings is 1. The largest absolute Gasteiger partial charge is 0.417 e. The van der Waals surface area contributed by atoms with E-state index in [1.165, 1.54) is 18.2 Å². The summed E-state index contributed by atoms with van der Waals surface area (Å²) in [6.07, 6.45) is -4.29. The van der Waals surface area contributed by atoms with E-state index in [9.17, 15) is 27.2 Å². The van der Waals surface area contributed by atoms with Gasteiger partial charge in [-0.1, -0.05) is 6.07 Å². The van der Waals surface area contributed by atoms with E-state index in [2.05, 4.69) is 20.6 Å². The number of aromatic amines is 1. The molecule has 35 heavy (non-hydrogen) atoms. The maximum absolute atomic E-state index is 15.1. The van der Waals surface area contributed by atoms with Gasteiger partial charge in [0.15, 0.2) is 0 Å². The number of halogens is 5. The zero-order valence-electron chi connectivity index (χ0n) is 18.3. The first-order valence-electron chi connectivity index (χ1n) is 10.6. The van der Waals surface area contributed by atoms with Gasteiger partial charge in [0.25, 0.3) is 5.91 Å². The van der Waals surface area contributed by atoms with Gasteiger partial charge in [-0.15, -0.1) is 0 Å². The molecule has 0 aliphatic carbocycles. The summed E-state index contributed by atoms with van der Waals surface area (Å²) >= 11 is 0. The van der Waals surface area contributed by atoms with E-state index in [1.54, 1.807) is 4.90 Å². The predicted octanol–water partition coefficient (Wildman–Crippen LogP) is 3.78. The Morgan fingerprint density at radius 3 is 2.66 bits per heavy atom. The number of rotatable bonds is 4. The maximum Gasteiger partial charge on any atom is 0.417 e. The van der Waals surface area contributed by atoms with Crippen LogP contribution in [0.1, 0.15) is 22.8 Å². The summed E-state index contributed by atoms with van der Waals surface area (Å²) < 4.78 is 69.2. The molecule has 12 heteroatoms. The average Bonchev–Trinajstić information content (AvgIpc) is 2.79. The van der Waals surface area contributed by atoms with Crippen molar-refractivity contribution in [3.63, 3.8) is 0 Å². The summed E-state index contributed by atoms with van der Waals surface area (Å²) in [5, 5.41) is 5.63. The third kappa shape index (κ3) is 5.32. The van der Waals surface area contributed by atoms with Crippen molar-refractivity contribution >= 4 is 17.3 Å². The van der Waals surface area contributed by atoms with Gasteiger partial charge < -0.3 is 20.5 Å². The van der Waals surface area contributed by atoms with Crippen LogP contribution in [0.3, 0.4) is 0 Å². The number of aromatic nitrogens is 2. The standard InChI is InChI=1S/C23H20F5N5O2/c1-12-11-33(6-5-29-12)19-9-16(24)13(17-3-2-4-20(25)31-17)7-18(19)32-22(35)14-10-30-21(34)8-15(14)23(26,27)28/h2-4,7-10,12,29H,5-6,11H2,1H3,(H,30,34)(H,32,35). The Balaban J connectivity index is 1.81. The molecule has 1 saturated heterocycles. The number of benzene rings is 1. The highest BCUT2D eigenvalue weighted by Crippen LogP contribution is 2.36. The molecule has 184 valence electrons. The smallest absolute Gasteiger partial charge is 0.367 e. The van der Waals surface area contributed by atoms with Gasteiger partial charge in [0.05, 0.1) is 28.2 Å². The Kier molecular flexibility index (Phi) is 6.57. The Morgan fingerprint density at radius 1 is 1.20 bits per heavy atom. The van der Waals surface area contributed by atoms with Crippen LogP contribution < -0.4 is 21.1 Å². The highest BCUT2D eigenvalue weighted by Gasteiger charge is 2.36. The van der Waals surface area contributed by atoms with Crippen molar-refractivity contribution in [3.8, 4) is 11.3 Å². The molecule has 1 aromatic carbocycles. The molecule has 7 nitrogen and oxygen atoms in total. The molecule has 3 N–H and O–H groups in total. The molecule has 1 aliphatic rings. The van der Waals surface area contributed by atoms with Gasteiger partial charge in [-0.2, -0.15) is 17.6 Å². The van der Waals surface area contributed by atoms with Crippen LogP contribution >= 0.6 is 0 Å². The van der Waals surface area contributed by atoms with E-state index in [4.69, 9.17) is 0 Å². The molecule has 0 spiro atoms. The number of anilines is 2. The fourth-order valence-electron chi connectivity index (χ4n) is 3.91. The molecule has 2 aromatic heterocycles. The van der Waals surface area contributed by atoms with Crippen molar-refractivity contribution in [1.29, 1.82) is 0 Å². The van der Waals surface area contributed by atoms with Crippen molar-refractivity contribution in [2.24, 2.45) is 0 Å². The maximum atomic E-state index is 15.1. The molecule has 1 amide bonds. The summed E-state index contributed by atoms with van der Waals surface area (Å²) in [5.41, 5.74) is -3.21. The third-order valence-corrected chi connectivity index (χ3v) is 5.51. The number of H-pyrrole nitrogens is 1. The monoisotopic (exact) mass is 493 g/mol. The van der Waals surface area contributed by atoms with E-state index in [1.807, 2.05) is 6.92 Å². The highest BCUT2D eigenvalue weighted by atomic mass is 19.4. The Morgan fingerprint density at radius 2 is 1.97 bits per heavy atom. The number of hydrogen-bond donors (Lipinski definition) is 3. The van der Waals surface area contributed by atoms with Gasteiger partial charge in [-0.25, -0.2) is 9.37 Å². The lowest BCUT2D eigenvalue weighted by atomic mass is 10.1. The van der Waals surface area contributed by atoms with Gasteiger partial charge in [-0.3, -0.25) is 9.59 Å². The minimum Gasteiger partial charge on any atom is -0.367 e. The SMILES string of the molecule is CC1CN(c2cc(F)c(-c3cccc(F)n3)cc2NC(=O)c2c[nH]c(=O)cc2C(F)(F)F)CCN1. The summed E-state index contributed by atoms with van der Waals surface area (Å²) in [4.78, 5) is 31.9. The van der Waals surface area contributed by atoms with Gasteiger partial charge in [-0.05, 0) is 31.2 Å². The van der Waals surface area contributed by atoms with Crippen LogP contribution in [0.2, 0.25) is 0 Å². The third-order valence-electron chi connectivity index (χ3n) is 5.51. The lowest BCUT2D eigenvalue weighted by Gasteiger charge is -2.35. The Bertz CT molecular complexity index is 1320. The van der Waals surface area contributed by atoms with Crippen molar-refractivity contribution in [2.45, 2.75) is 19.1 Å². The zero-order valence-corrected chi connectivity index (χ0v) is 18.3. The van der Waals surface area contributed by atoms with Gasteiger partial charge in [0.1, 0.15) is 5.82 Å². The molecule has 3 heterocycles. The summed E-state index contributed by atoms with van der Waals surface area (Å²) in [6.45, 7) is 3.34. The number of hydrogen-bond acceptors (Lipinski definition) is 5. The molecule has 1 unspecified atom stereocenters. The van der Waals surface area contributed by atoms with Crippen LogP contribution in [0, 0.1) is 11.8 Å². The van der Waals surface area contributed by atoms with E-state index in [0.29, 0.717) is 31.9 Å². The first kappa shape index (κ1) is 24.3. The average molecular weight is 493 g/mol. The topological polar surface area (TPSA) is 90.1 Å². The molecule has 0 radical (unpaired) electrons. The van der Waals surface area contributed by atoms with Gasteiger partial charge in [0.2, 0.25) is 11.5 Å². The number of nitrogens with one attached hydrogen (secondary N) is 3. The van der Waals surface area contributed by atoms with Crippen LogP contribution in [-0.4, -0.2) is 41.6 Å². The first-order valence-corrected chi connectivity index (χ1v) is 10.6. The minimum atomic E-state index is -4.96. The van der Waals surface area contributed by atoms with Crippen molar-refractivity contribution < 1.29 is 26.7 Å². The van der Waals surface area contributed by atoms with Crippen molar-refractivity contribution in [1.82, 2.24) is 15.3 Å². The van der Waals surface area contributed by atoms with E-state index < -0.39 is 40.5 Å². The molecule has 0 bridgehead atoms. The fraction of sp³-hybridized carbons (Fsp3) is 0.261. The van der Waals surface area contributed by atoms with Gasteiger partial charge in [0, 0.05) is 43.5 Å². The Hall–Kier alpha value is -3.80. The van der Waals surface area contributed by atoms with E-state index in [0.717, 1.165) is 12.1 Å². The summed E-state index contributed by atoms with van der Waals surface area (Å²) in [5.74, 6) is -2.76. The second-order valence-electron chi connectivity index (χ2n) is 8.07. The van der Waals surface area contributed by atoms with Crippen LogP contribution in [0.25, 0.3) is 11.3 Å².